The molecule has 1 aliphatic rings. The van der Waals surface area contributed by atoms with Crippen LogP contribution in [-0.4, -0.2) is 50.9 Å². The molecule has 1 fully saturated rings. The Morgan fingerprint density at radius 2 is 2.24 bits per heavy atom. The van der Waals surface area contributed by atoms with E-state index >= 15 is 0 Å². The third kappa shape index (κ3) is 4.55. The number of nitrogens with one attached hydrogen (secondary N) is 1. The molecule has 1 N–H and O–H groups in total. The third-order valence-electron chi connectivity index (χ3n) is 4.33. The van der Waals surface area contributed by atoms with Crippen molar-refractivity contribution in [2.45, 2.75) is 18.9 Å². The second-order valence-corrected chi connectivity index (χ2v) is 7.53. The van der Waals surface area contributed by atoms with Crippen molar-refractivity contribution in [3.8, 4) is 10.4 Å². The molecule has 2 heterocycles. The van der Waals surface area contributed by atoms with Crippen molar-refractivity contribution in [3.63, 3.8) is 0 Å². The van der Waals surface area contributed by atoms with E-state index in [9.17, 15) is 9.18 Å². The first-order valence-electron chi connectivity index (χ1n) is 8.00. The topological polar surface area (TPSA) is 48.2 Å². The SMILES string of the molecule is CN(C(=O)Nc1ncc(-c2cccc(F)c2)s1)C1CC[N+](=CI)CC1. The minimum absolute atomic E-state index is 0.156. The van der Waals surface area contributed by atoms with Gasteiger partial charge < -0.3 is 4.90 Å². The number of halogens is 2. The van der Waals surface area contributed by atoms with E-state index in [0.29, 0.717) is 5.13 Å². The summed E-state index contributed by atoms with van der Waals surface area (Å²) < 4.78 is 17.7. The molecule has 8 heteroatoms. The van der Waals surface area contributed by atoms with Crippen molar-refractivity contribution in [2.24, 2.45) is 0 Å². The number of thiazole rings is 1. The number of hydrogen-bond donors (Lipinski definition) is 1. The molecular formula is C17H19FIN4OS+. The van der Waals surface area contributed by atoms with E-state index in [2.05, 4.69) is 41.7 Å². The van der Waals surface area contributed by atoms with Crippen LogP contribution in [0, 0.1) is 5.82 Å². The summed E-state index contributed by atoms with van der Waals surface area (Å²) in [6.45, 7) is 1.93. The molecular weight excluding hydrogens is 454 g/mol. The Labute approximate surface area is 163 Å². The zero-order valence-electron chi connectivity index (χ0n) is 13.8. The third-order valence-corrected chi connectivity index (χ3v) is 6.08. The van der Waals surface area contributed by atoms with Crippen LogP contribution < -0.4 is 5.32 Å². The van der Waals surface area contributed by atoms with Gasteiger partial charge in [-0.25, -0.2) is 18.7 Å². The standard InChI is InChI=1S/C17H18FIN4OS/c1-22(14-5-7-23(11-19)8-6-14)17(24)21-16-20-10-15(25-16)12-3-2-4-13(18)9-12/h2-4,9-11,14H,5-8H2,1H3/p+1. The number of urea groups is 1. The fourth-order valence-corrected chi connectivity index (χ4v) is 4.18. The summed E-state index contributed by atoms with van der Waals surface area (Å²) in [5, 5.41) is 3.37. The molecule has 0 radical (unpaired) electrons. The van der Waals surface area contributed by atoms with E-state index in [1.807, 2.05) is 13.1 Å². The number of carbonyl (C=O) groups is 1. The van der Waals surface area contributed by atoms with E-state index in [4.69, 9.17) is 0 Å². The number of amides is 2. The van der Waals surface area contributed by atoms with Crippen LogP contribution in [0.5, 0.6) is 0 Å². The number of aromatic nitrogens is 1. The van der Waals surface area contributed by atoms with Crippen LogP contribution in [0.4, 0.5) is 14.3 Å². The van der Waals surface area contributed by atoms with Gasteiger partial charge in [0, 0.05) is 54.7 Å². The highest BCUT2D eigenvalue weighted by Gasteiger charge is 2.27. The molecule has 3 rings (SSSR count). The fourth-order valence-electron chi connectivity index (χ4n) is 2.82. The van der Waals surface area contributed by atoms with Crippen molar-refractivity contribution >= 4 is 49.3 Å². The Hall–Kier alpha value is -1.55. The molecule has 2 aromatic rings. The smallest absolute Gasteiger partial charge is 0.323 e. The number of hydrogen-bond acceptors (Lipinski definition) is 3. The molecule has 5 nitrogen and oxygen atoms in total. The molecule has 0 spiro atoms. The van der Waals surface area contributed by atoms with Crippen LogP contribution in [0.3, 0.4) is 0 Å². The average Bonchev–Trinajstić information content (AvgIpc) is 3.09. The molecule has 132 valence electrons. The van der Waals surface area contributed by atoms with Crippen molar-refractivity contribution < 1.29 is 13.8 Å². The molecule has 0 unspecified atom stereocenters. The quantitative estimate of drug-likeness (QED) is 0.540. The minimum Gasteiger partial charge on any atom is -0.324 e. The van der Waals surface area contributed by atoms with E-state index in [1.165, 1.54) is 23.5 Å². The predicted octanol–water partition coefficient (Wildman–Crippen LogP) is 4.05. The Bertz CT molecular complexity index is 784. The first-order valence-corrected chi connectivity index (χ1v) is 10.1. The van der Waals surface area contributed by atoms with Gasteiger partial charge in [-0.1, -0.05) is 23.5 Å². The van der Waals surface area contributed by atoms with Crippen molar-refractivity contribution in [2.75, 3.05) is 25.5 Å². The molecule has 1 aliphatic heterocycles. The maximum Gasteiger partial charge on any atom is 0.323 e. The highest BCUT2D eigenvalue weighted by Crippen LogP contribution is 2.29. The van der Waals surface area contributed by atoms with Gasteiger partial charge in [-0.2, -0.15) is 0 Å². The van der Waals surface area contributed by atoms with Crippen LogP contribution in [0.1, 0.15) is 12.8 Å². The van der Waals surface area contributed by atoms with Crippen LogP contribution >= 0.6 is 33.9 Å². The van der Waals surface area contributed by atoms with Gasteiger partial charge in [0.05, 0.1) is 4.88 Å². The van der Waals surface area contributed by atoms with Crippen LogP contribution in [0.25, 0.3) is 10.4 Å². The maximum atomic E-state index is 13.3. The Morgan fingerprint density at radius 3 is 2.92 bits per heavy atom. The number of rotatable bonds is 3. The van der Waals surface area contributed by atoms with E-state index in [-0.39, 0.29) is 17.9 Å². The lowest BCUT2D eigenvalue weighted by Crippen LogP contribution is -2.44. The maximum absolute atomic E-state index is 13.3. The van der Waals surface area contributed by atoms with Crippen LogP contribution in [0.2, 0.25) is 0 Å². The fraction of sp³-hybridized carbons (Fsp3) is 0.353. The summed E-state index contributed by atoms with van der Waals surface area (Å²) in [5.41, 5.74) is 0.758. The summed E-state index contributed by atoms with van der Waals surface area (Å²) in [6, 6.07) is 6.43. The summed E-state index contributed by atoms with van der Waals surface area (Å²) in [5.74, 6) is -0.286. The monoisotopic (exact) mass is 473 g/mol. The minimum atomic E-state index is -0.286. The summed E-state index contributed by atoms with van der Waals surface area (Å²) in [4.78, 5) is 19.3. The molecule has 25 heavy (non-hydrogen) atoms. The van der Waals surface area contributed by atoms with Gasteiger partial charge in [0.15, 0.2) is 9.35 Å². The first kappa shape index (κ1) is 18.2. The zero-order chi connectivity index (χ0) is 17.8. The number of nitrogens with zero attached hydrogens (tertiary/aromatic N) is 3. The van der Waals surface area contributed by atoms with Crippen LogP contribution in [-0.2, 0) is 0 Å². The van der Waals surface area contributed by atoms with Crippen molar-refractivity contribution in [1.29, 1.82) is 0 Å². The predicted molar refractivity (Wildman–Crippen MR) is 107 cm³/mol. The molecule has 0 atom stereocenters. The van der Waals surface area contributed by atoms with E-state index in [0.717, 1.165) is 36.4 Å². The molecule has 1 aromatic carbocycles. The largest absolute Gasteiger partial charge is 0.324 e. The Kier molecular flexibility index (Phi) is 6.00. The lowest BCUT2D eigenvalue weighted by Gasteiger charge is -2.29. The summed E-state index contributed by atoms with van der Waals surface area (Å²) in [7, 11) is 1.82. The lowest BCUT2D eigenvalue weighted by molar-refractivity contribution is -0.532. The molecule has 0 bridgehead atoms. The molecule has 1 aromatic heterocycles. The van der Waals surface area contributed by atoms with Gasteiger partial charge in [0.1, 0.15) is 18.9 Å². The number of anilines is 1. The highest BCUT2D eigenvalue weighted by molar-refractivity contribution is 14.1. The normalized spacial score (nSPS) is 17.2. The number of carbonyl (C=O) groups excluding carboxylic acids is 1. The van der Waals surface area contributed by atoms with Gasteiger partial charge in [0.2, 0.25) is 0 Å². The Balaban J connectivity index is 1.62. The average molecular weight is 473 g/mol. The molecule has 0 aliphatic carbocycles. The molecule has 2 amide bonds. The van der Waals surface area contributed by atoms with Crippen molar-refractivity contribution in [3.05, 3.63) is 36.3 Å². The van der Waals surface area contributed by atoms with Gasteiger partial charge >= 0.3 is 6.03 Å². The highest BCUT2D eigenvalue weighted by atomic mass is 127. The van der Waals surface area contributed by atoms with E-state index < -0.39 is 0 Å². The zero-order valence-corrected chi connectivity index (χ0v) is 16.8. The first-order chi connectivity index (χ1) is 12.1. The van der Waals surface area contributed by atoms with Gasteiger partial charge in [-0.3, -0.25) is 5.32 Å². The summed E-state index contributed by atoms with van der Waals surface area (Å²) in [6.07, 6.45) is 3.56. The second kappa shape index (κ2) is 8.22. The van der Waals surface area contributed by atoms with Gasteiger partial charge in [-0.05, 0) is 17.7 Å². The van der Waals surface area contributed by atoms with Crippen molar-refractivity contribution in [1.82, 2.24) is 9.88 Å². The van der Waals surface area contributed by atoms with Gasteiger partial charge in [0.25, 0.3) is 0 Å². The molecule has 0 saturated carbocycles. The van der Waals surface area contributed by atoms with Crippen LogP contribution in [0.15, 0.2) is 30.5 Å². The Morgan fingerprint density at radius 1 is 1.48 bits per heavy atom. The molecule has 1 saturated heterocycles. The van der Waals surface area contributed by atoms with E-state index in [1.54, 1.807) is 17.2 Å². The lowest BCUT2D eigenvalue weighted by atomic mass is 10.1. The second-order valence-electron chi connectivity index (χ2n) is 5.95. The summed E-state index contributed by atoms with van der Waals surface area (Å²) >= 11 is 3.59. The number of piperidine rings is 1. The number of benzene rings is 1. The van der Waals surface area contributed by atoms with Gasteiger partial charge in [-0.15, -0.1) is 0 Å².